The fourth-order valence-electron chi connectivity index (χ4n) is 2.50. The van der Waals surface area contributed by atoms with E-state index in [1.165, 1.54) is 6.92 Å². The maximum absolute atomic E-state index is 12.2. The number of hydrogen-bond acceptors (Lipinski definition) is 4. The van der Waals surface area contributed by atoms with Crippen molar-refractivity contribution in [2.24, 2.45) is 0 Å². The zero-order valence-electron chi connectivity index (χ0n) is 16.8. The summed E-state index contributed by atoms with van der Waals surface area (Å²) < 4.78 is 0. The predicted molar refractivity (Wildman–Crippen MR) is 107 cm³/mol. The van der Waals surface area contributed by atoms with Gasteiger partial charge in [0, 0.05) is 24.8 Å². The number of quaternary nitrogens is 1. The lowest BCUT2D eigenvalue weighted by Crippen LogP contribution is -3.14. The normalized spacial score (nSPS) is 12.4. The number of anilines is 2. The molecule has 5 N–H and O–H groups in total. The Morgan fingerprint density at radius 1 is 0.929 bits per heavy atom. The van der Waals surface area contributed by atoms with Crippen LogP contribution in [-0.4, -0.2) is 55.8 Å². The molecule has 0 aliphatic rings. The van der Waals surface area contributed by atoms with Gasteiger partial charge in [-0.05, 0) is 45.0 Å². The van der Waals surface area contributed by atoms with E-state index in [-0.39, 0.29) is 36.7 Å². The van der Waals surface area contributed by atoms with Crippen LogP contribution in [0.2, 0.25) is 0 Å². The van der Waals surface area contributed by atoms with Gasteiger partial charge in [0.1, 0.15) is 6.04 Å². The van der Waals surface area contributed by atoms with E-state index >= 15 is 0 Å². The minimum absolute atomic E-state index is 0.0924. The topological polar surface area (TPSA) is 121 Å². The summed E-state index contributed by atoms with van der Waals surface area (Å²) in [7, 11) is 0. The third-order valence-electron chi connectivity index (χ3n) is 3.93. The molecule has 0 saturated carbocycles. The summed E-state index contributed by atoms with van der Waals surface area (Å²) in [6.07, 6.45) is 0. The SMILES string of the molecule is CCNC(=O)[C@H](C)NC(=O)C[NH+](CC)CC(=O)Nc1ccc(NC(C)=O)cc1. The molecule has 2 atom stereocenters. The molecule has 1 aromatic carbocycles. The Hall–Kier alpha value is -2.94. The first-order valence-corrected chi connectivity index (χ1v) is 9.33. The Labute approximate surface area is 165 Å². The van der Waals surface area contributed by atoms with Gasteiger partial charge in [-0.1, -0.05) is 0 Å². The standard InChI is InChI=1S/C19H29N5O4/c1-5-20-19(28)13(3)21-17(26)11-24(6-2)12-18(27)23-16-9-7-15(8-10-16)22-14(4)25/h7-10,13H,5-6,11-12H2,1-4H3,(H,20,28)(H,21,26)(H,22,25)(H,23,27)/p+1/t13-/m0/s1. The molecule has 4 amide bonds. The molecule has 1 rings (SSSR count). The van der Waals surface area contributed by atoms with E-state index in [2.05, 4.69) is 21.3 Å². The Balaban J connectivity index is 2.50. The highest BCUT2D eigenvalue weighted by Gasteiger charge is 2.20. The monoisotopic (exact) mass is 392 g/mol. The Morgan fingerprint density at radius 2 is 1.46 bits per heavy atom. The molecule has 9 nitrogen and oxygen atoms in total. The number of hydrogen-bond donors (Lipinski definition) is 5. The van der Waals surface area contributed by atoms with Crippen LogP contribution in [0.15, 0.2) is 24.3 Å². The van der Waals surface area contributed by atoms with Gasteiger partial charge >= 0.3 is 0 Å². The van der Waals surface area contributed by atoms with Crippen LogP contribution in [0.1, 0.15) is 27.7 Å². The number of benzene rings is 1. The van der Waals surface area contributed by atoms with Crippen LogP contribution < -0.4 is 26.2 Å². The van der Waals surface area contributed by atoms with Crippen molar-refractivity contribution in [2.75, 3.05) is 36.8 Å². The number of rotatable bonds is 10. The molecule has 0 aliphatic heterocycles. The average Bonchev–Trinajstić information content (AvgIpc) is 2.62. The summed E-state index contributed by atoms with van der Waals surface area (Å²) >= 11 is 0. The second-order valence-electron chi connectivity index (χ2n) is 6.45. The first-order chi connectivity index (χ1) is 13.2. The molecule has 0 bridgehead atoms. The van der Waals surface area contributed by atoms with E-state index in [0.717, 1.165) is 4.90 Å². The molecule has 0 aliphatic carbocycles. The summed E-state index contributed by atoms with van der Waals surface area (Å²) in [5.41, 5.74) is 1.24. The van der Waals surface area contributed by atoms with Gasteiger partial charge in [0.2, 0.25) is 11.8 Å². The molecule has 1 aromatic rings. The molecule has 0 radical (unpaired) electrons. The number of likely N-dealkylation sites (N-methyl/N-ethyl adjacent to an activating group) is 2. The van der Waals surface area contributed by atoms with Crippen molar-refractivity contribution < 1.29 is 24.1 Å². The van der Waals surface area contributed by atoms with Crippen molar-refractivity contribution >= 4 is 35.0 Å². The van der Waals surface area contributed by atoms with Crippen LogP contribution in [0.4, 0.5) is 11.4 Å². The van der Waals surface area contributed by atoms with Crippen LogP contribution in [0, 0.1) is 0 Å². The predicted octanol–water partition coefficient (Wildman–Crippen LogP) is -0.871. The van der Waals surface area contributed by atoms with Crippen molar-refractivity contribution in [3.05, 3.63) is 24.3 Å². The molecule has 1 unspecified atom stereocenters. The quantitative estimate of drug-likeness (QED) is 0.355. The van der Waals surface area contributed by atoms with Gasteiger partial charge in [-0.3, -0.25) is 19.2 Å². The van der Waals surface area contributed by atoms with Gasteiger partial charge in [-0.25, -0.2) is 0 Å². The maximum atomic E-state index is 12.2. The van der Waals surface area contributed by atoms with Crippen LogP contribution in [0.25, 0.3) is 0 Å². The van der Waals surface area contributed by atoms with Crippen LogP contribution in [-0.2, 0) is 19.2 Å². The number of carbonyl (C=O) groups is 4. The second kappa shape index (κ2) is 11.7. The molecule has 0 aromatic heterocycles. The third-order valence-corrected chi connectivity index (χ3v) is 3.93. The van der Waals surface area contributed by atoms with Gasteiger partial charge in [-0.2, -0.15) is 0 Å². The maximum Gasteiger partial charge on any atom is 0.279 e. The van der Waals surface area contributed by atoms with E-state index in [4.69, 9.17) is 0 Å². The summed E-state index contributed by atoms with van der Waals surface area (Å²) in [5, 5.41) is 10.7. The molecule has 0 fully saturated rings. The highest BCUT2D eigenvalue weighted by molar-refractivity contribution is 5.93. The van der Waals surface area contributed by atoms with Crippen LogP contribution >= 0.6 is 0 Å². The summed E-state index contributed by atoms with van der Waals surface area (Å²) in [5.74, 6) is -0.926. The lowest BCUT2D eigenvalue weighted by Gasteiger charge is -2.19. The fourth-order valence-corrected chi connectivity index (χ4v) is 2.50. The highest BCUT2D eigenvalue weighted by Crippen LogP contribution is 2.13. The lowest BCUT2D eigenvalue weighted by atomic mass is 10.2. The molecule has 9 heteroatoms. The van der Waals surface area contributed by atoms with E-state index in [9.17, 15) is 19.2 Å². The molecule has 154 valence electrons. The highest BCUT2D eigenvalue weighted by atomic mass is 16.2. The molecule has 0 spiro atoms. The largest absolute Gasteiger partial charge is 0.355 e. The van der Waals surface area contributed by atoms with Gasteiger partial charge in [0.15, 0.2) is 13.1 Å². The Kier molecular flexibility index (Phi) is 9.66. The van der Waals surface area contributed by atoms with Gasteiger partial charge in [0.25, 0.3) is 11.8 Å². The molecular weight excluding hydrogens is 362 g/mol. The average molecular weight is 392 g/mol. The number of carbonyl (C=O) groups excluding carboxylic acids is 4. The molecule has 28 heavy (non-hydrogen) atoms. The first kappa shape index (κ1) is 23.1. The minimum Gasteiger partial charge on any atom is -0.355 e. The van der Waals surface area contributed by atoms with Crippen LogP contribution in [0.3, 0.4) is 0 Å². The van der Waals surface area contributed by atoms with Crippen molar-refractivity contribution in [3.8, 4) is 0 Å². The van der Waals surface area contributed by atoms with Crippen molar-refractivity contribution in [1.82, 2.24) is 10.6 Å². The van der Waals surface area contributed by atoms with E-state index < -0.39 is 6.04 Å². The number of nitrogens with one attached hydrogen (secondary N) is 5. The Bertz CT molecular complexity index is 690. The second-order valence-corrected chi connectivity index (χ2v) is 6.45. The molecule has 0 heterocycles. The van der Waals surface area contributed by atoms with Gasteiger partial charge in [0.05, 0.1) is 6.54 Å². The summed E-state index contributed by atoms with van der Waals surface area (Å²) in [6.45, 7) is 8.01. The third kappa shape index (κ3) is 8.63. The zero-order chi connectivity index (χ0) is 21.1. The van der Waals surface area contributed by atoms with Crippen molar-refractivity contribution in [2.45, 2.75) is 33.7 Å². The summed E-state index contributed by atoms with van der Waals surface area (Å²) in [6, 6.07) is 6.14. The molecular formula is C19H30N5O4+. The van der Waals surface area contributed by atoms with Gasteiger partial charge in [-0.15, -0.1) is 0 Å². The fraction of sp³-hybridized carbons (Fsp3) is 0.474. The van der Waals surface area contributed by atoms with Gasteiger partial charge < -0.3 is 26.2 Å². The minimum atomic E-state index is -0.624. The van der Waals surface area contributed by atoms with Crippen molar-refractivity contribution in [1.29, 1.82) is 0 Å². The van der Waals surface area contributed by atoms with E-state index in [1.54, 1.807) is 38.1 Å². The van der Waals surface area contributed by atoms with Crippen LogP contribution in [0.5, 0.6) is 0 Å². The lowest BCUT2D eigenvalue weighted by molar-refractivity contribution is -0.881. The van der Waals surface area contributed by atoms with E-state index in [1.807, 2.05) is 6.92 Å². The number of amides is 4. The van der Waals surface area contributed by atoms with E-state index in [0.29, 0.717) is 24.5 Å². The zero-order valence-corrected chi connectivity index (χ0v) is 16.8. The first-order valence-electron chi connectivity index (χ1n) is 9.33. The van der Waals surface area contributed by atoms with Crippen molar-refractivity contribution in [3.63, 3.8) is 0 Å². The Morgan fingerprint density at radius 3 is 1.96 bits per heavy atom. The smallest absolute Gasteiger partial charge is 0.279 e. The molecule has 0 saturated heterocycles. The summed E-state index contributed by atoms with van der Waals surface area (Å²) in [4.78, 5) is 47.8.